The molecule has 4 aliphatic carbocycles. The lowest BCUT2D eigenvalue weighted by Crippen LogP contribution is -2.59. The predicted molar refractivity (Wildman–Crippen MR) is 130 cm³/mol. The standard InChI is InChI=1S/C28H41N3O2/c29-11-4-2-1-3-8-25(31-28-16-19-12-20(17-28)14-21(13-19)18-28)23-7-5-6-22(15-23)24-9-10-26(32)30-27(24)33/h5-7,15,19-21,24-25,31H,1-4,8-14,16-18,29H2,(H,30,32,33). The molecule has 4 N–H and O–H groups in total. The molecule has 4 bridgehead atoms. The number of nitrogens with one attached hydrogen (secondary N) is 2. The molecule has 5 nitrogen and oxygen atoms in total. The summed E-state index contributed by atoms with van der Waals surface area (Å²) in [4.78, 5) is 24.1. The maximum atomic E-state index is 12.5. The summed E-state index contributed by atoms with van der Waals surface area (Å²) in [5, 5.41) is 6.77. The SMILES string of the molecule is NCCCCCCC(NC12CC3CC(CC(C3)C1)C2)c1cccc(C2CCC(=O)NC2=O)c1. The van der Waals surface area contributed by atoms with Gasteiger partial charge in [0.2, 0.25) is 11.8 Å². The Balaban J connectivity index is 1.34. The Kier molecular flexibility index (Phi) is 6.89. The van der Waals surface area contributed by atoms with Crippen LogP contribution in [0.2, 0.25) is 0 Å². The summed E-state index contributed by atoms with van der Waals surface area (Å²) >= 11 is 0. The van der Waals surface area contributed by atoms with Gasteiger partial charge in [0.05, 0.1) is 5.92 Å². The second kappa shape index (κ2) is 9.87. The van der Waals surface area contributed by atoms with Gasteiger partial charge >= 0.3 is 0 Å². The number of carbonyl (C=O) groups is 2. The molecule has 2 unspecified atom stereocenters. The van der Waals surface area contributed by atoms with Crippen molar-refractivity contribution < 1.29 is 9.59 Å². The number of imide groups is 1. The van der Waals surface area contributed by atoms with Crippen molar-refractivity contribution in [3.63, 3.8) is 0 Å². The fourth-order valence-electron chi connectivity index (χ4n) is 7.83. The average molecular weight is 452 g/mol. The molecule has 2 amide bonds. The van der Waals surface area contributed by atoms with Crippen LogP contribution in [0.5, 0.6) is 0 Å². The molecule has 1 aliphatic heterocycles. The molecule has 5 heteroatoms. The minimum atomic E-state index is -0.215. The molecule has 0 spiro atoms. The van der Waals surface area contributed by atoms with Crippen LogP contribution in [0, 0.1) is 17.8 Å². The smallest absolute Gasteiger partial charge is 0.234 e. The second-order valence-corrected chi connectivity index (χ2v) is 11.6. The third kappa shape index (κ3) is 5.19. The molecule has 6 rings (SSSR count). The van der Waals surface area contributed by atoms with E-state index in [1.165, 1.54) is 63.4 Å². The number of amides is 2. The molecule has 180 valence electrons. The van der Waals surface area contributed by atoms with Crippen molar-refractivity contribution in [2.45, 2.75) is 101 Å². The Morgan fingerprint density at radius 3 is 2.36 bits per heavy atom. The molecule has 33 heavy (non-hydrogen) atoms. The fourth-order valence-corrected chi connectivity index (χ4v) is 7.83. The molecule has 1 heterocycles. The molecule has 1 aromatic carbocycles. The van der Waals surface area contributed by atoms with Gasteiger partial charge in [0, 0.05) is 18.0 Å². The number of benzene rings is 1. The Labute approximate surface area is 198 Å². The maximum Gasteiger partial charge on any atom is 0.234 e. The van der Waals surface area contributed by atoms with E-state index in [-0.39, 0.29) is 17.7 Å². The molecular formula is C28H41N3O2. The summed E-state index contributed by atoms with van der Waals surface area (Å²) in [6.07, 6.45) is 15.3. The largest absolute Gasteiger partial charge is 0.330 e. The van der Waals surface area contributed by atoms with E-state index >= 15 is 0 Å². The summed E-state index contributed by atoms with van der Waals surface area (Å²) in [5.74, 6) is 2.26. The first kappa shape index (κ1) is 23.0. The Bertz CT molecular complexity index is 831. The van der Waals surface area contributed by atoms with Gasteiger partial charge in [0.25, 0.3) is 0 Å². The number of hydrogen-bond acceptors (Lipinski definition) is 4. The number of piperidine rings is 1. The summed E-state index contributed by atoms with van der Waals surface area (Å²) < 4.78 is 0. The van der Waals surface area contributed by atoms with Gasteiger partial charge in [-0.05, 0) is 93.2 Å². The van der Waals surface area contributed by atoms with Gasteiger partial charge in [-0.2, -0.15) is 0 Å². The minimum Gasteiger partial charge on any atom is -0.330 e. The highest BCUT2D eigenvalue weighted by Gasteiger charge is 2.51. The van der Waals surface area contributed by atoms with Crippen molar-refractivity contribution in [2.75, 3.05) is 6.54 Å². The minimum absolute atomic E-state index is 0.143. The molecule has 5 fully saturated rings. The summed E-state index contributed by atoms with van der Waals surface area (Å²) in [6.45, 7) is 0.781. The molecule has 4 saturated carbocycles. The number of nitrogens with two attached hydrogens (primary N) is 1. The fraction of sp³-hybridized carbons (Fsp3) is 0.714. The van der Waals surface area contributed by atoms with E-state index in [9.17, 15) is 9.59 Å². The summed E-state index contributed by atoms with van der Waals surface area (Å²) in [5.41, 5.74) is 8.37. The van der Waals surface area contributed by atoms with Crippen LogP contribution in [0.4, 0.5) is 0 Å². The van der Waals surface area contributed by atoms with E-state index in [2.05, 4.69) is 34.9 Å². The molecule has 0 radical (unpaired) electrons. The molecular weight excluding hydrogens is 410 g/mol. The predicted octanol–water partition coefficient (Wildman–Crippen LogP) is 4.72. The van der Waals surface area contributed by atoms with Gasteiger partial charge in [0.15, 0.2) is 0 Å². The number of rotatable bonds is 10. The van der Waals surface area contributed by atoms with Gasteiger partial charge in [-0.15, -0.1) is 0 Å². The Morgan fingerprint density at radius 2 is 1.70 bits per heavy atom. The topological polar surface area (TPSA) is 84.2 Å². The van der Waals surface area contributed by atoms with Crippen molar-refractivity contribution in [2.24, 2.45) is 23.5 Å². The highest BCUT2D eigenvalue weighted by atomic mass is 16.2. The molecule has 2 atom stereocenters. The summed E-state index contributed by atoms with van der Waals surface area (Å²) in [6, 6.07) is 8.99. The lowest BCUT2D eigenvalue weighted by molar-refractivity contribution is -0.134. The zero-order valence-electron chi connectivity index (χ0n) is 20.0. The van der Waals surface area contributed by atoms with Crippen LogP contribution in [0.15, 0.2) is 24.3 Å². The molecule has 1 saturated heterocycles. The van der Waals surface area contributed by atoms with Gasteiger partial charge in [-0.3, -0.25) is 14.9 Å². The van der Waals surface area contributed by atoms with Crippen molar-refractivity contribution in [1.82, 2.24) is 10.6 Å². The van der Waals surface area contributed by atoms with Crippen molar-refractivity contribution >= 4 is 11.8 Å². The van der Waals surface area contributed by atoms with E-state index < -0.39 is 0 Å². The zero-order chi connectivity index (χ0) is 22.8. The van der Waals surface area contributed by atoms with Gasteiger partial charge in [-0.25, -0.2) is 0 Å². The highest BCUT2D eigenvalue weighted by Crippen LogP contribution is 2.56. The van der Waals surface area contributed by atoms with Crippen LogP contribution >= 0.6 is 0 Å². The van der Waals surface area contributed by atoms with Gasteiger partial charge in [0.1, 0.15) is 0 Å². The molecule has 0 aromatic heterocycles. The first-order valence-corrected chi connectivity index (χ1v) is 13.4. The lowest BCUT2D eigenvalue weighted by Gasteiger charge is -2.58. The molecule has 1 aromatic rings. The van der Waals surface area contributed by atoms with E-state index in [4.69, 9.17) is 5.73 Å². The van der Waals surface area contributed by atoms with Crippen LogP contribution in [0.1, 0.15) is 107 Å². The first-order valence-electron chi connectivity index (χ1n) is 13.4. The quantitative estimate of drug-likeness (QED) is 0.355. The van der Waals surface area contributed by atoms with Crippen LogP contribution in [0.25, 0.3) is 0 Å². The van der Waals surface area contributed by atoms with Crippen molar-refractivity contribution in [3.8, 4) is 0 Å². The third-order valence-electron chi connectivity index (χ3n) is 8.92. The number of unbranched alkanes of at least 4 members (excludes halogenated alkanes) is 3. The summed E-state index contributed by atoms with van der Waals surface area (Å²) in [7, 11) is 0. The van der Waals surface area contributed by atoms with Gasteiger partial charge in [-0.1, -0.05) is 43.5 Å². The highest BCUT2D eigenvalue weighted by molar-refractivity contribution is 6.00. The normalized spacial score (nSPS) is 33.8. The number of hydrogen-bond donors (Lipinski definition) is 3. The van der Waals surface area contributed by atoms with Gasteiger partial charge < -0.3 is 11.1 Å². The monoisotopic (exact) mass is 451 g/mol. The van der Waals surface area contributed by atoms with Crippen LogP contribution in [-0.2, 0) is 9.59 Å². The van der Waals surface area contributed by atoms with Crippen molar-refractivity contribution in [1.29, 1.82) is 0 Å². The van der Waals surface area contributed by atoms with Crippen LogP contribution < -0.4 is 16.4 Å². The third-order valence-corrected chi connectivity index (χ3v) is 8.92. The average Bonchev–Trinajstić information content (AvgIpc) is 2.77. The first-order chi connectivity index (χ1) is 16.0. The Morgan fingerprint density at radius 1 is 1.00 bits per heavy atom. The van der Waals surface area contributed by atoms with E-state index in [0.717, 1.165) is 42.7 Å². The van der Waals surface area contributed by atoms with Crippen molar-refractivity contribution in [3.05, 3.63) is 35.4 Å². The number of carbonyl (C=O) groups excluding carboxylic acids is 2. The van der Waals surface area contributed by atoms with Crippen LogP contribution in [0.3, 0.4) is 0 Å². The molecule has 5 aliphatic rings. The van der Waals surface area contributed by atoms with E-state index in [1.54, 1.807) is 0 Å². The van der Waals surface area contributed by atoms with E-state index in [0.29, 0.717) is 24.4 Å². The Hall–Kier alpha value is -1.72. The maximum absolute atomic E-state index is 12.5. The second-order valence-electron chi connectivity index (χ2n) is 11.6. The zero-order valence-corrected chi connectivity index (χ0v) is 20.0. The van der Waals surface area contributed by atoms with Crippen LogP contribution in [-0.4, -0.2) is 23.9 Å². The lowest BCUT2D eigenvalue weighted by atomic mass is 9.53. The van der Waals surface area contributed by atoms with E-state index in [1.807, 2.05) is 0 Å².